The molecule has 0 amide bonds. The van der Waals surface area contributed by atoms with Crippen molar-refractivity contribution in [2.45, 2.75) is 38.9 Å². The normalized spacial score (nSPS) is 17.7. The summed E-state index contributed by atoms with van der Waals surface area (Å²) in [5, 5.41) is 3.59. The molecule has 1 N–H and O–H groups in total. The maximum absolute atomic E-state index is 5.85. The molecular formula is C17H28N2O2. The van der Waals surface area contributed by atoms with Crippen LogP contribution in [0.1, 0.15) is 26.3 Å². The predicted octanol–water partition coefficient (Wildman–Crippen LogP) is 2.28. The molecule has 0 bridgehead atoms. The van der Waals surface area contributed by atoms with E-state index in [2.05, 4.69) is 49.2 Å². The van der Waals surface area contributed by atoms with E-state index in [0.29, 0.717) is 6.04 Å². The van der Waals surface area contributed by atoms with Gasteiger partial charge in [-0.3, -0.25) is 4.90 Å². The van der Waals surface area contributed by atoms with Crippen LogP contribution in [0.3, 0.4) is 0 Å². The largest absolute Gasteiger partial charge is 0.492 e. The van der Waals surface area contributed by atoms with Crippen molar-refractivity contribution in [1.82, 2.24) is 10.2 Å². The SMILES string of the molecule is COCC(CNC(C)(C)C)N1CCOc2ccccc2C1. The van der Waals surface area contributed by atoms with Gasteiger partial charge in [0.2, 0.25) is 0 Å². The Hall–Kier alpha value is -1.10. The van der Waals surface area contributed by atoms with Crippen LogP contribution in [0.2, 0.25) is 0 Å². The average Bonchev–Trinajstić information content (AvgIpc) is 2.64. The summed E-state index contributed by atoms with van der Waals surface area (Å²) in [5.74, 6) is 1.01. The van der Waals surface area contributed by atoms with Crippen LogP contribution in [-0.4, -0.2) is 49.9 Å². The van der Waals surface area contributed by atoms with E-state index in [9.17, 15) is 0 Å². The molecule has 0 fully saturated rings. The van der Waals surface area contributed by atoms with E-state index in [1.54, 1.807) is 7.11 Å². The molecule has 1 aromatic carbocycles. The van der Waals surface area contributed by atoms with Crippen molar-refractivity contribution in [2.75, 3.05) is 33.4 Å². The Morgan fingerprint density at radius 1 is 1.33 bits per heavy atom. The maximum Gasteiger partial charge on any atom is 0.123 e. The molecule has 0 aromatic heterocycles. The molecule has 1 aliphatic heterocycles. The summed E-state index contributed by atoms with van der Waals surface area (Å²) in [6, 6.07) is 8.66. The first-order valence-electron chi connectivity index (χ1n) is 7.68. The average molecular weight is 292 g/mol. The number of para-hydroxylation sites is 1. The third-order valence-corrected chi connectivity index (χ3v) is 3.73. The van der Waals surface area contributed by atoms with Crippen LogP contribution < -0.4 is 10.1 Å². The number of hydrogen-bond donors (Lipinski definition) is 1. The van der Waals surface area contributed by atoms with Crippen molar-refractivity contribution in [3.63, 3.8) is 0 Å². The van der Waals surface area contributed by atoms with Gasteiger partial charge >= 0.3 is 0 Å². The molecule has 4 heteroatoms. The van der Waals surface area contributed by atoms with Crippen LogP contribution in [0.5, 0.6) is 5.75 Å². The number of nitrogens with zero attached hydrogens (tertiary/aromatic N) is 1. The van der Waals surface area contributed by atoms with E-state index in [1.807, 2.05) is 6.07 Å². The van der Waals surface area contributed by atoms with Gasteiger partial charge in [-0.1, -0.05) is 18.2 Å². The summed E-state index contributed by atoms with van der Waals surface area (Å²) in [4.78, 5) is 2.45. The fourth-order valence-electron chi connectivity index (χ4n) is 2.57. The summed E-state index contributed by atoms with van der Waals surface area (Å²) >= 11 is 0. The maximum atomic E-state index is 5.85. The second kappa shape index (κ2) is 7.25. The highest BCUT2D eigenvalue weighted by Gasteiger charge is 2.24. The quantitative estimate of drug-likeness (QED) is 0.903. The summed E-state index contributed by atoms with van der Waals surface area (Å²) in [6.45, 7) is 10.8. The second-order valence-corrected chi connectivity index (χ2v) is 6.67. The first-order chi connectivity index (χ1) is 9.99. The van der Waals surface area contributed by atoms with Gasteiger partial charge in [-0.2, -0.15) is 0 Å². The topological polar surface area (TPSA) is 33.7 Å². The van der Waals surface area contributed by atoms with Crippen LogP contribution in [0.4, 0.5) is 0 Å². The lowest BCUT2D eigenvalue weighted by molar-refractivity contribution is 0.0766. The second-order valence-electron chi connectivity index (χ2n) is 6.67. The Morgan fingerprint density at radius 3 is 2.81 bits per heavy atom. The number of methoxy groups -OCH3 is 1. The Morgan fingerprint density at radius 2 is 2.10 bits per heavy atom. The van der Waals surface area contributed by atoms with Crippen molar-refractivity contribution >= 4 is 0 Å². The highest BCUT2D eigenvalue weighted by atomic mass is 16.5. The van der Waals surface area contributed by atoms with E-state index in [1.165, 1.54) is 5.56 Å². The molecule has 0 radical (unpaired) electrons. The minimum Gasteiger partial charge on any atom is -0.492 e. The highest BCUT2D eigenvalue weighted by Crippen LogP contribution is 2.23. The van der Waals surface area contributed by atoms with Gasteiger partial charge in [-0.25, -0.2) is 0 Å². The summed E-state index contributed by atoms with van der Waals surface area (Å²) in [6.07, 6.45) is 0. The number of ether oxygens (including phenoxy) is 2. The standard InChI is InChI=1S/C17H28N2O2/c1-17(2,3)18-11-15(13-20-4)19-9-10-21-16-8-6-5-7-14(16)12-19/h5-8,15,18H,9-13H2,1-4H3. The zero-order valence-corrected chi connectivity index (χ0v) is 13.7. The molecule has 1 aliphatic rings. The van der Waals surface area contributed by atoms with Crippen molar-refractivity contribution < 1.29 is 9.47 Å². The number of fused-ring (bicyclic) bond motifs is 1. The van der Waals surface area contributed by atoms with Gasteiger partial charge in [-0.15, -0.1) is 0 Å². The molecule has 1 atom stereocenters. The lowest BCUT2D eigenvalue weighted by Crippen LogP contribution is -2.49. The summed E-state index contributed by atoms with van der Waals surface area (Å²) < 4.78 is 11.3. The van der Waals surface area contributed by atoms with Crippen LogP contribution in [0.15, 0.2) is 24.3 Å². The first-order valence-corrected chi connectivity index (χ1v) is 7.68. The Kier molecular flexibility index (Phi) is 5.62. The van der Waals surface area contributed by atoms with Crippen molar-refractivity contribution in [3.05, 3.63) is 29.8 Å². The Bertz CT molecular complexity index is 443. The molecule has 2 rings (SSSR count). The van der Waals surface area contributed by atoms with Gasteiger partial charge in [0.15, 0.2) is 0 Å². The van der Waals surface area contributed by atoms with Gasteiger partial charge < -0.3 is 14.8 Å². The number of hydrogen-bond acceptors (Lipinski definition) is 4. The Labute approximate surface area is 128 Å². The van der Waals surface area contributed by atoms with Gasteiger partial charge in [0.1, 0.15) is 12.4 Å². The molecular weight excluding hydrogens is 264 g/mol. The molecule has 118 valence electrons. The highest BCUT2D eigenvalue weighted by molar-refractivity contribution is 5.33. The third-order valence-electron chi connectivity index (χ3n) is 3.73. The predicted molar refractivity (Wildman–Crippen MR) is 85.8 cm³/mol. The molecule has 1 unspecified atom stereocenters. The van der Waals surface area contributed by atoms with Gasteiger partial charge in [0.25, 0.3) is 0 Å². The zero-order valence-electron chi connectivity index (χ0n) is 13.7. The van der Waals surface area contributed by atoms with E-state index in [0.717, 1.165) is 38.6 Å². The number of rotatable bonds is 5. The van der Waals surface area contributed by atoms with E-state index in [-0.39, 0.29) is 5.54 Å². The zero-order chi connectivity index (χ0) is 15.3. The smallest absolute Gasteiger partial charge is 0.123 e. The molecule has 0 saturated heterocycles. The van der Waals surface area contributed by atoms with Crippen LogP contribution in [0.25, 0.3) is 0 Å². The summed E-state index contributed by atoms with van der Waals surface area (Å²) in [7, 11) is 1.77. The van der Waals surface area contributed by atoms with E-state index >= 15 is 0 Å². The van der Waals surface area contributed by atoms with Crippen molar-refractivity contribution in [3.8, 4) is 5.75 Å². The monoisotopic (exact) mass is 292 g/mol. The minimum absolute atomic E-state index is 0.117. The summed E-state index contributed by atoms with van der Waals surface area (Å²) in [5.41, 5.74) is 1.37. The van der Waals surface area contributed by atoms with Crippen LogP contribution >= 0.6 is 0 Å². The Balaban J connectivity index is 2.06. The minimum atomic E-state index is 0.117. The molecule has 0 spiro atoms. The molecule has 1 heterocycles. The molecule has 0 aliphatic carbocycles. The van der Waals surface area contributed by atoms with E-state index < -0.39 is 0 Å². The first kappa shape index (κ1) is 16.3. The fourth-order valence-corrected chi connectivity index (χ4v) is 2.57. The molecule has 1 aromatic rings. The molecule has 21 heavy (non-hydrogen) atoms. The lowest BCUT2D eigenvalue weighted by Gasteiger charge is -2.32. The van der Waals surface area contributed by atoms with Crippen LogP contribution in [-0.2, 0) is 11.3 Å². The lowest BCUT2D eigenvalue weighted by atomic mass is 10.1. The number of nitrogens with one attached hydrogen (secondary N) is 1. The molecule has 4 nitrogen and oxygen atoms in total. The number of benzene rings is 1. The van der Waals surface area contributed by atoms with Gasteiger partial charge in [0, 0.05) is 43.9 Å². The third kappa shape index (κ3) is 4.99. The van der Waals surface area contributed by atoms with Crippen molar-refractivity contribution in [2.24, 2.45) is 0 Å². The fraction of sp³-hybridized carbons (Fsp3) is 0.647. The van der Waals surface area contributed by atoms with Gasteiger partial charge in [0.05, 0.1) is 6.61 Å². The van der Waals surface area contributed by atoms with Gasteiger partial charge in [-0.05, 0) is 26.8 Å². The van der Waals surface area contributed by atoms with Crippen molar-refractivity contribution in [1.29, 1.82) is 0 Å². The van der Waals surface area contributed by atoms with E-state index in [4.69, 9.17) is 9.47 Å². The molecule has 0 saturated carbocycles. The van der Waals surface area contributed by atoms with Crippen LogP contribution in [0, 0.1) is 0 Å².